The second kappa shape index (κ2) is 44.0. The van der Waals surface area contributed by atoms with E-state index >= 15 is 0 Å². The minimum absolute atomic E-state index is 0.323. The van der Waals surface area contributed by atoms with Crippen LogP contribution in [0.2, 0.25) is 0 Å². The van der Waals surface area contributed by atoms with Crippen LogP contribution in [-0.4, -0.2) is 11.9 Å². The third-order valence-electron chi connectivity index (χ3n) is 10.6. The van der Waals surface area contributed by atoms with Crippen molar-refractivity contribution in [1.82, 2.24) is 0 Å². The molecule has 0 aromatic heterocycles. The molecule has 0 saturated carbocycles. The molecule has 0 aliphatic rings. The molecule has 0 aliphatic carbocycles. The Bertz CT molecular complexity index is 699. The molecule has 296 valence electrons. The standard InChI is InChI=1S/C47H90O3/c1-3-5-7-9-11-13-15-17-19-21-23-24-25-27-29-31-33-35-37-39-41-43-45-47(49)50-46(48)44-42-40-38-36-34-32-30-28-26-22-20-18-16-14-12-10-8-6-4-2/h18,20H,3-17,19,21-45H2,1-2H3/b20-18-. The van der Waals surface area contributed by atoms with Crippen LogP contribution in [0.5, 0.6) is 0 Å². The van der Waals surface area contributed by atoms with Gasteiger partial charge in [-0.15, -0.1) is 0 Å². The molecule has 0 N–H and O–H groups in total. The van der Waals surface area contributed by atoms with Crippen LogP contribution in [0.3, 0.4) is 0 Å². The Morgan fingerprint density at radius 1 is 0.300 bits per heavy atom. The van der Waals surface area contributed by atoms with Crippen molar-refractivity contribution >= 4 is 11.9 Å². The zero-order chi connectivity index (χ0) is 36.3. The second-order valence-electron chi connectivity index (χ2n) is 15.8. The number of hydrogen-bond acceptors (Lipinski definition) is 3. The molecule has 0 unspecified atom stereocenters. The van der Waals surface area contributed by atoms with Crippen molar-refractivity contribution in [1.29, 1.82) is 0 Å². The van der Waals surface area contributed by atoms with E-state index in [0.29, 0.717) is 12.8 Å². The van der Waals surface area contributed by atoms with Crippen LogP contribution in [0.25, 0.3) is 0 Å². The van der Waals surface area contributed by atoms with Crippen LogP contribution in [0.4, 0.5) is 0 Å². The van der Waals surface area contributed by atoms with Gasteiger partial charge in [0.1, 0.15) is 0 Å². The minimum atomic E-state index is -0.324. The fraction of sp³-hybridized carbons (Fsp3) is 0.915. The molecule has 0 aromatic carbocycles. The van der Waals surface area contributed by atoms with Gasteiger partial charge >= 0.3 is 11.9 Å². The lowest BCUT2D eigenvalue weighted by atomic mass is 10.0. The molecule has 0 atom stereocenters. The Balaban J connectivity index is 3.27. The molecule has 0 aliphatic heterocycles. The number of rotatable bonds is 42. The van der Waals surface area contributed by atoms with Gasteiger partial charge in [0.25, 0.3) is 0 Å². The van der Waals surface area contributed by atoms with Crippen LogP contribution < -0.4 is 0 Å². The SMILES string of the molecule is CCCCCCCC/C=C\CCCCCCCCCCCC(=O)OC(=O)CCCCCCCCCCCCCCCCCCCCCCCC. The summed E-state index contributed by atoms with van der Waals surface area (Å²) in [5.74, 6) is -0.647. The van der Waals surface area contributed by atoms with E-state index in [4.69, 9.17) is 4.74 Å². The first-order chi connectivity index (χ1) is 24.7. The fourth-order valence-corrected chi connectivity index (χ4v) is 7.15. The third kappa shape index (κ3) is 43.0. The number of hydrogen-bond donors (Lipinski definition) is 0. The van der Waals surface area contributed by atoms with Crippen LogP contribution in [-0.2, 0) is 14.3 Å². The van der Waals surface area contributed by atoms with Crippen LogP contribution in [0.1, 0.15) is 277 Å². The van der Waals surface area contributed by atoms with E-state index in [0.717, 1.165) is 25.7 Å². The van der Waals surface area contributed by atoms with E-state index in [1.54, 1.807) is 0 Å². The van der Waals surface area contributed by atoms with Gasteiger partial charge in [-0.3, -0.25) is 9.59 Å². The van der Waals surface area contributed by atoms with Gasteiger partial charge in [-0.05, 0) is 38.5 Å². The van der Waals surface area contributed by atoms with E-state index in [-0.39, 0.29) is 11.9 Å². The van der Waals surface area contributed by atoms with Crippen LogP contribution in [0, 0.1) is 0 Å². The summed E-state index contributed by atoms with van der Waals surface area (Å²) in [6.07, 6.45) is 57.3. The smallest absolute Gasteiger partial charge is 0.313 e. The first kappa shape index (κ1) is 48.9. The number of carbonyl (C=O) groups is 2. The predicted octanol–water partition coefficient (Wildman–Crippen LogP) is 16.6. The van der Waals surface area contributed by atoms with E-state index in [9.17, 15) is 9.59 Å². The Hall–Kier alpha value is -1.12. The second-order valence-corrected chi connectivity index (χ2v) is 15.8. The van der Waals surface area contributed by atoms with Gasteiger partial charge in [-0.1, -0.05) is 238 Å². The molecule has 0 aromatic rings. The molecule has 0 bridgehead atoms. The lowest BCUT2D eigenvalue weighted by Crippen LogP contribution is -2.11. The van der Waals surface area contributed by atoms with Crippen molar-refractivity contribution in [3.05, 3.63) is 12.2 Å². The van der Waals surface area contributed by atoms with Gasteiger partial charge in [-0.2, -0.15) is 0 Å². The summed E-state index contributed by atoms with van der Waals surface area (Å²) in [6, 6.07) is 0. The Morgan fingerprint density at radius 2 is 0.500 bits per heavy atom. The number of carbonyl (C=O) groups excluding carboxylic acids is 2. The average Bonchev–Trinajstić information content (AvgIpc) is 3.11. The van der Waals surface area contributed by atoms with Crippen molar-refractivity contribution in [2.24, 2.45) is 0 Å². The molecule has 0 radical (unpaired) electrons. The summed E-state index contributed by atoms with van der Waals surface area (Å²) in [5.41, 5.74) is 0. The van der Waals surface area contributed by atoms with Crippen molar-refractivity contribution in [2.45, 2.75) is 277 Å². The molecule has 0 rings (SSSR count). The normalized spacial score (nSPS) is 11.6. The average molecular weight is 703 g/mol. The summed E-state index contributed by atoms with van der Waals surface area (Å²) < 4.78 is 5.05. The van der Waals surface area contributed by atoms with E-state index in [1.165, 1.54) is 225 Å². The first-order valence-corrected chi connectivity index (χ1v) is 23.1. The van der Waals surface area contributed by atoms with Crippen molar-refractivity contribution in [2.75, 3.05) is 0 Å². The fourth-order valence-electron chi connectivity index (χ4n) is 7.15. The Morgan fingerprint density at radius 3 is 0.740 bits per heavy atom. The maximum atomic E-state index is 12.0. The summed E-state index contributed by atoms with van der Waals surface area (Å²) in [7, 11) is 0. The highest BCUT2D eigenvalue weighted by Gasteiger charge is 2.10. The molecule has 0 fully saturated rings. The topological polar surface area (TPSA) is 43.4 Å². The van der Waals surface area contributed by atoms with E-state index < -0.39 is 0 Å². The quantitative estimate of drug-likeness (QED) is 0.0275. The molecule has 50 heavy (non-hydrogen) atoms. The zero-order valence-electron chi connectivity index (χ0n) is 34.4. The van der Waals surface area contributed by atoms with Gasteiger partial charge in [0.15, 0.2) is 0 Å². The van der Waals surface area contributed by atoms with Crippen LogP contribution in [0.15, 0.2) is 12.2 Å². The lowest BCUT2D eigenvalue weighted by molar-refractivity contribution is -0.159. The van der Waals surface area contributed by atoms with Gasteiger partial charge in [-0.25, -0.2) is 0 Å². The zero-order valence-corrected chi connectivity index (χ0v) is 34.4. The molecule has 0 amide bonds. The molecule has 0 heterocycles. The predicted molar refractivity (Wildman–Crippen MR) is 221 cm³/mol. The molecular formula is C47H90O3. The van der Waals surface area contributed by atoms with Crippen molar-refractivity contribution in [3.8, 4) is 0 Å². The molecule has 0 spiro atoms. The largest absolute Gasteiger partial charge is 0.393 e. The van der Waals surface area contributed by atoms with E-state index in [2.05, 4.69) is 26.0 Å². The number of unbranched alkanes of at least 4 members (excludes halogenated alkanes) is 36. The minimum Gasteiger partial charge on any atom is -0.393 e. The number of esters is 2. The summed E-state index contributed by atoms with van der Waals surface area (Å²) in [4.78, 5) is 24.0. The van der Waals surface area contributed by atoms with Crippen molar-refractivity contribution in [3.63, 3.8) is 0 Å². The van der Waals surface area contributed by atoms with Crippen molar-refractivity contribution < 1.29 is 14.3 Å². The highest BCUT2D eigenvalue weighted by atomic mass is 16.6. The molecule has 3 nitrogen and oxygen atoms in total. The van der Waals surface area contributed by atoms with Gasteiger partial charge < -0.3 is 4.74 Å². The Labute approximate surface area is 314 Å². The maximum Gasteiger partial charge on any atom is 0.313 e. The number of allylic oxidation sites excluding steroid dienone is 2. The third-order valence-corrected chi connectivity index (χ3v) is 10.6. The highest BCUT2D eigenvalue weighted by Crippen LogP contribution is 2.16. The highest BCUT2D eigenvalue weighted by molar-refractivity contribution is 5.85. The van der Waals surface area contributed by atoms with Gasteiger partial charge in [0.05, 0.1) is 0 Å². The molecular weight excluding hydrogens is 613 g/mol. The van der Waals surface area contributed by atoms with Crippen LogP contribution >= 0.6 is 0 Å². The lowest BCUT2D eigenvalue weighted by Gasteiger charge is -2.05. The summed E-state index contributed by atoms with van der Waals surface area (Å²) in [6.45, 7) is 4.57. The van der Waals surface area contributed by atoms with Gasteiger partial charge in [0, 0.05) is 12.8 Å². The summed E-state index contributed by atoms with van der Waals surface area (Å²) >= 11 is 0. The Kier molecular flexibility index (Phi) is 43.1. The first-order valence-electron chi connectivity index (χ1n) is 23.1. The molecule has 0 saturated heterocycles. The molecule has 3 heteroatoms. The monoisotopic (exact) mass is 703 g/mol. The maximum absolute atomic E-state index is 12.0. The van der Waals surface area contributed by atoms with Gasteiger partial charge in [0.2, 0.25) is 0 Å². The van der Waals surface area contributed by atoms with E-state index in [1.807, 2.05) is 0 Å². The number of ether oxygens (including phenoxy) is 1. The summed E-state index contributed by atoms with van der Waals surface area (Å²) in [5, 5.41) is 0.